The number of benzene rings is 1. The van der Waals surface area contributed by atoms with Crippen molar-refractivity contribution in [3.8, 4) is 0 Å². The highest BCUT2D eigenvalue weighted by Gasteiger charge is 2.38. The Morgan fingerprint density at radius 1 is 1.07 bits per heavy atom. The third-order valence-electron chi connectivity index (χ3n) is 3.42. The number of halogens is 6. The summed E-state index contributed by atoms with van der Waals surface area (Å²) < 4.78 is 104. The summed E-state index contributed by atoms with van der Waals surface area (Å²) in [6, 6.07) is 0.00729. The van der Waals surface area contributed by atoms with Crippen molar-refractivity contribution >= 4 is 16.0 Å². The standard InChI is InChI=1S/C13H11F6N5O4S/c14-12(15,16)8-4-9(13(17,18)19)6-10(5-8)29(27,28)21-2-1-3-23-7-20-11(22-23)24(25)26/h4-7,21H,1-3H2. The number of nitrogens with zero attached hydrogens (tertiary/aromatic N) is 4. The molecule has 0 saturated carbocycles. The first kappa shape index (κ1) is 22.5. The van der Waals surface area contributed by atoms with Gasteiger partial charge < -0.3 is 10.1 Å². The highest BCUT2D eigenvalue weighted by atomic mass is 32.2. The molecule has 0 spiro atoms. The van der Waals surface area contributed by atoms with E-state index < -0.39 is 49.3 Å². The first-order valence-corrected chi connectivity index (χ1v) is 9.01. The Hall–Kier alpha value is -2.75. The van der Waals surface area contributed by atoms with Crippen LogP contribution in [0.2, 0.25) is 0 Å². The summed E-state index contributed by atoms with van der Waals surface area (Å²) in [5.41, 5.74) is -3.52. The normalized spacial score (nSPS) is 12.9. The summed E-state index contributed by atoms with van der Waals surface area (Å²) in [6.45, 7) is -0.423. The van der Waals surface area contributed by atoms with Crippen molar-refractivity contribution < 1.29 is 39.7 Å². The van der Waals surface area contributed by atoms with Crippen molar-refractivity contribution in [1.82, 2.24) is 19.5 Å². The number of rotatable bonds is 7. The van der Waals surface area contributed by atoms with E-state index in [4.69, 9.17) is 0 Å². The van der Waals surface area contributed by atoms with Crippen LogP contribution in [0.15, 0.2) is 29.4 Å². The molecule has 2 aromatic rings. The first-order chi connectivity index (χ1) is 13.2. The molecule has 1 aromatic heterocycles. The average Bonchev–Trinajstić information content (AvgIpc) is 3.06. The number of nitrogens with one attached hydrogen (secondary N) is 1. The predicted octanol–water partition coefficient (Wildman–Crippen LogP) is 2.59. The predicted molar refractivity (Wildman–Crippen MR) is 82.9 cm³/mol. The summed E-state index contributed by atoms with van der Waals surface area (Å²) in [4.78, 5) is 11.7. The minimum absolute atomic E-state index is 0.0230. The Kier molecular flexibility index (Phi) is 6.17. The number of nitro groups is 1. The van der Waals surface area contributed by atoms with E-state index in [9.17, 15) is 44.9 Å². The van der Waals surface area contributed by atoms with Gasteiger partial charge in [0.15, 0.2) is 0 Å². The van der Waals surface area contributed by atoms with Gasteiger partial charge in [-0.15, -0.1) is 0 Å². The van der Waals surface area contributed by atoms with E-state index in [0.717, 1.165) is 11.0 Å². The Balaban J connectivity index is 2.14. The van der Waals surface area contributed by atoms with E-state index in [2.05, 4.69) is 10.1 Å². The van der Waals surface area contributed by atoms with Gasteiger partial charge in [-0.05, 0) is 29.5 Å². The molecule has 0 unspecified atom stereocenters. The topological polar surface area (TPSA) is 120 Å². The molecular formula is C13H11F6N5O4S. The fraction of sp³-hybridized carbons (Fsp3) is 0.385. The summed E-state index contributed by atoms with van der Waals surface area (Å²) >= 11 is 0. The number of hydrogen-bond acceptors (Lipinski definition) is 6. The lowest BCUT2D eigenvalue weighted by molar-refractivity contribution is -0.394. The maximum atomic E-state index is 12.8. The number of aryl methyl sites for hydroxylation is 1. The van der Waals surface area contributed by atoms with Gasteiger partial charge >= 0.3 is 18.3 Å². The highest BCUT2D eigenvalue weighted by Crippen LogP contribution is 2.37. The zero-order valence-corrected chi connectivity index (χ0v) is 14.8. The molecule has 16 heteroatoms. The number of alkyl halides is 6. The lowest BCUT2D eigenvalue weighted by atomic mass is 10.1. The molecule has 1 N–H and O–H groups in total. The largest absolute Gasteiger partial charge is 0.490 e. The molecule has 160 valence electrons. The molecule has 0 bridgehead atoms. The summed E-state index contributed by atoms with van der Waals surface area (Å²) in [6.07, 6.45) is -9.39. The van der Waals surface area contributed by atoms with E-state index in [1.165, 1.54) is 0 Å². The van der Waals surface area contributed by atoms with Crippen molar-refractivity contribution in [3.63, 3.8) is 0 Å². The van der Waals surface area contributed by atoms with Gasteiger partial charge in [0, 0.05) is 11.6 Å². The molecule has 1 heterocycles. The van der Waals surface area contributed by atoms with E-state index in [1.807, 2.05) is 4.72 Å². The number of sulfonamides is 1. The van der Waals surface area contributed by atoms with Gasteiger partial charge in [-0.3, -0.25) is 0 Å². The lowest BCUT2D eigenvalue weighted by Crippen LogP contribution is -2.26. The van der Waals surface area contributed by atoms with Crippen LogP contribution in [0.3, 0.4) is 0 Å². The zero-order chi connectivity index (χ0) is 22.0. The second-order valence-corrected chi connectivity index (χ2v) is 7.32. The Bertz CT molecular complexity index is 970. The Labute approximate surface area is 158 Å². The molecule has 0 radical (unpaired) electrons. The van der Waals surface area contributed by atoms with Crippen molar-refractivity contribution in [3.05, 3.63) is 45.8 Å². The van der Waals surface area contributed by atoms with Crippen LogP contribution in [0.25, 0.3) is 0 Å². The van der Waals surface area contributed by atoms with Crippen LogP contribution < -0.4 is 4.72 Å². The van der Waals surface area contributed by atoms with Crippen LogP contribution in [0.5, 0.6) is 0 Å². The maximum Gasteiger partial charge on any atom is 0.490 e. The van der Waals surface area contributed by atoms with Crippen LogP contribution in [0.4, 0.5) is 32.3 Å². The van der Waals surface area contributed by atoms with Crippen molar-refractivity contribution in [2.45, 2.75) is 30.2 Å². The van der Waals surface area contributed by atoms with Crippen LogP contribution in [0.1, 0.15) is 17.5 Å². The van der Waals surface area contributed by atoms with Gasteiger partial charge in [-0.25, -0.2) is 13.1 Å². The van der Waals surface area contributed by atoms with Gasteiger partial charge in [0.25, 0.3) is 0 Å². The molecule has 2 rings (SSSR count). The van der Waals surface area contributed by atoms with E-state index >= 15 is 0 Å². The van der Waals surface area contributed by atoms with Gasteiger partial charge in [0.1, 0.15) is 0 Å². The van der Waals surface area contributed by atoms with E-state index in [0.29, 0.717) is 0 Å². The monoisotopic (exact) mass is 447 g/mol. The van der Waals surface area contributed by atoms with Crippen LogP contribution in [-0.4, -0.2) is 34.7 Å². The molecule has 0 aliphatic carbocycles. The van der Waals surface area contributed by atoms with Crippen molar-refractivity contribution in [2.75, 3.05) is 6.54 Å². The number of hydrogen-bond donors (Lipinski definition) is 1. The smallest absolute Gasteiger partial charge is 0.390 e. The van der Waals surface area contributed by atoms with E-state index in [1.54, 1.807) is 0 Å². The number of aromatic nitrogens is 3. The van der Waals surface area contributed by atoms with E-state index in [-0.39, 0.29) is 37.7 Å². The van der Waals surface area contributed by atoms with Gasteiger partial charge in [-0.1, -0.05) is 4.98 Å². The fourth-order valence-corrected chi connectivity index (χ4v) is 3.23. The third kappa shape index (κ3) is 5.86. The second-order valence-electron chi connectivity index (χ2n) is 5.56. The fourth-order valence-electron chi connectivity index (χ4n) is 2.09. The molecule has 29 heavy (non-hydrogen) atoms. The van der Waals surface area contributed by atoms with Crippen LogP contribution in [-0.2, 0) is 28.9 Å². The zero-order valence-electron chi connectivity index (χ0n) is 14.0. The molecular weight excluding hydrogens is 436 g/mol. The van der Waals surface area contributed by atoms with Crippen molar-refractivity contribution in [1.29, 1.82) is 0 Å². The quantitative estimate of drug-likeness (QED) is 0.302. The Morgan fingerprint density at radius 3 is 2.07 bits per heavy atom. The lowest BCUT2D eigenvalue weighted by Gasteiger charge is -2.14. The Morgan fingerprint density at radius 2 is 1.62 bits per heavy atom. The molecule has 9 nitrogen and oxygen atoms in total. The second kappa shape index (κ2) is 7.94. The molecule has 0 saturated heterocycles. The first-order valence-electron chi connectivity index (χ1n) is 7.53. The molecule has 0 atom stereocenters. The molecule has 0 fully saturated rings. The summed E-state index contributed by atoms with van der Waals surface area (Å²) in [5, 5.41) is 13.9. The molecule has 0 aliphatic rings. The minimum atomic E-state index is -5.19. The molecule has 1 aromatic carbocycles. The van der Waals surface area contributed by atoms with Crippen LogP contribution in [0, 0.1) is 10.1 Å². The van der Waals surface area contributed by atoms with Gasteiger partial charge in [0.05, 0.1) is 22.6 Å². The van der Waals surface area contributed by atoms with Crippen LogP contribution >= 0.6 is 0 Å². The maximum absolute atomic E-state index is 12.8. The average molecular weight is 447 g/mol. The highest BCUT2D eigenvalue weighted by molar-refractivity contribution is 7.89. The third-order valence-corrected chi connectivity index (χ3v) is 4.86. The molecule has 0 aliphatic heterocycles. The summed E-state index contributed by atoms with van der Waals surface area (Å²) in [7, 11) is -4.69. The van der Waals surface area contributed by atoms with Gasteiger partial charge in [0.2, 0.25) is 16.4 Å². The minimum Gasteiger partial charge on any atom is -0.390 e. The summed E-state index contributed by atoms with van der Waals surface area (Å²) in [5.74, 6) is -0.686. The molecule has 0 amide bonds. The van der Waals surface area contributed by atoms with Gasteiger partial charge in [-0.2, -0.15) is 31.0 Å². The van der Waals surface area contributed by atoms with Crippen molar-refractivity contribution in [2.24, 2.45) is 0 Å². The SMILES string of the molecule is O=[N+]([O-])c1ncn(CCCNS(=O)(=O)c2cc(C(F)(F)F)cc(C(F)(F)F)c2)n1.